The molecule has 1 unspecified atom stereocenters. The van der Waals surface area contributed by atoms with Crippen molar-refractivity contribution in [3.05, 3.63) is 77.2 Å². The first-order valence-corrected chi connectivity index (χ1v) is 8.56. The number of aryl methyl sites for hydroxylation is 3. The summed E-state index contributed by atoms with van der Waals surface area (Å²) in [4.78, 5) is 16.9. The SMILES string of the molecule is Cc1ccc(CC(NC(=O)Nc2cc(C)nn2C)c2ccccn2)cc1. The van der Waals surface area contributed by atoms with Crippen molar-refractivity contribution in [1.82, 2.24) is 20.1 Å². The van der Waals surface area contributed by atoms with Gasteiger partial charge >= 0.3 is 6.03 Å². The highest BCUT2D eigenvalue weighted by Gasteiger charge is 2.17. The largest absolute Gasteiger partial charge is 0.329 e. The first kappa shape index (κ1) is 17.7. The fraction of sp³-hybridized carbons (Fsp3) is 0.250. The molecule has 3 rings (SSSR count). The van der Waals surface area contributed by atoms with Crippen LogP contribution in [0.5, 0.6) is 0 Å². The van der Waals surface area contributed by atoms with Gasteiger partial charge in [-0.1, -0.05) is 35.9 Å². The molecule has 0 saturated heterocycles. The number of carbonyl (C=O) groups is 1. The van der Waals surface area contributed by atoms with Crippen molar-refractivity contribution in [2.75, 3.05) is 5.32 Å². The van der Waals surface area contributed by atoms with Crippen molar-refractivity contribution in [2.24, 2.45) is 7.05 Å². The average molecular weight is 349 g/mol. The van der Waals surface area contributed by atoms with Crippen LogP contribution in [0.2, 0.25) is 0 Å². The van der Waals surface area contributed by atoms with E-state index >= 15 is 0 Å². The Hall–Kier alpha value is -3.15. The Bertz CT molecular complexity index is 871. The lowest BCUT2D eigenvalue weighted by molar-refractivity contribution is 0.248. The summed E-state index contributed by atoms with van der Waals surface area (Å²) in [6.45, 7) is 3.94. The lowest BCUT2D eigenvalue weighted by Crippen LogP contribution is -2.34. The highest BCUT2D eigenvalue weighted by Crippen LogP contribution is 2.18. The summed E-state index contributed by atoms with van der Waals surface area (Å²) in [5.41, 5.74) is 4.02. The van der Waals surface area contributed by atoms with Gasteiger partial charge in [-0.15, -0.1) is 0 Å². The first-order valence-electron chi connectivity index (χ1n) is 8.56. The van der Waals surface area contributed by atoms with E-state index < -0.39 is 0 Å². The summed E-state index contributed by atoms with van der Waals surface area (Å²) in [5, 5.41) is 10.1. The fourth-order valence-corrected chi connectivity index (χ4v) is 2.81. The Labute approximate surface area is 153 Å². The third-order valence-corrected chi connectivity index (χ3v) is 4.15. The Kier molecular flexibility index (Phi) is 5.31. The van der Waals surface area contributed by atoms with E-state index in [1.165, 1.54) is 5.56 Å². The second kappa shape index (κ2) is 7.82. The van der Waals surface area contributed by atoms with Gasteiger partial charge in [-0.05, 0) is 38.0 Å². The smallest absolute Gasteiger partial charge is 0.320 e. The number of carbonyl (C=O) groups excluding carboxylic acids is 1. The summed E-state index contributed by atoms with van der Waals surface area (Å²) in [5.74, 6) is 0.648. The standard InChI is InChI=1S/C20H23N5O/c1-14-7-9-16(10-8-14)13-18(17-6-4-5-11-21-17)22-20(26)23-19-12-15(2)24-25(19)3/h4-12,18H,13H2,1-3H3,(H2,22,23,26). The molecule has 2 heterocycles. The number of benzene rings is 1. The maximum absolute atomic E-state index is 12.5. The molecule has 0 radical (unpaired) electrons. The zero-order valence-electron chi connectivity index (χ0n) is 15.2. The molecular weight excluding hydrogens is 326 g/mol. The van der Waals surface area contributed by atoms with Crippen LogP contribution in [0.1, 0.15) is 28.6 Å². The van der Waals surface area contributed by atoms with Crippen LogP contribution in [0.25, 0.3) is 0 Å². The number of nitrogens with one attached hydrogen (secondary N) is 2. The molecule has 26 heavy (non-hydrogen) atoms. The molecule has 2 N–H and O–H groups in total. The number of hydrogen-bond acceptors (Lipinski definition) is 3. The molecule has 1 atom stereocenters. The number of pyridine rings is 1. The Morgan fingerprint density at radius 2 is 1.92 bits per heavy atom. The van der Waals surface area contributed by atoms with E-state index in [4.69, 9.17) is 0 Å². The number of hydrogen-bond donors (Lipinski definition) is 2. The van der Waals surface area contributed by atoms with Crippen LogP contribution in [0, 0.1) is 13.8 Å². The molecule has 3 aromatic rings. The Morgan fingerprint density at radius 1 is 1.15 bits per heavy atom. The van der Waals surface area contributed by atoms with Crippen molar-refractivity contribution in [2.45, 2.75) is 26.3 Å². The van der Waals surface area contributed by atoms with Gasteiger partial charge in [0, 0.05) is 19.3 Å². The van der Waals surface area contributed by atoms with Crippen LogP contribution in [0.15, 0.2) is 54.7 Å². The van der Waals surface area contributed by atoms with Crippen molar-refractivity contribution in [3.63, 3.8) is 0 Å². The third kappa shape index (κ3) is 4.47. The van der Waals surface area contributed by atoms with Crippen LogP contribution >= 0.6 is 0 Å². The summed E-state index contributed by atoms with van der Waals surface area (Å²) < 4.78 is 1.64. The van der Waals surface area contributed by atoms with Crippen molar-refractivity contribution in [1.29, 1.82) is 0 Å². The Morgan fingerprint density at radius 3 is 2.54 bits per heavy atom. The van der Waals surface area contributed by atoms with Gasteiger partial charge < -0.3 is 5.32 Å². The van der Waals surface area contributed by atoms with E-state index in [0.717, 1.165) is 17.0 Å². The van der Waals surface area contributed by atoms with Crippen molar-refractivity contribution >= 4 is 11.8 Å². The number of anilines is 1. The summed E-state index contributed by atoms with van der Waals surface area (Å²) >= 11 is 0. The number of urea groups is 1. The van der Waals surface area contributed by atoms with Crippen LogP contribution in [-0.2, 0) is 13.5 Å². The van der Waals surface area contributed by atoms with Gasteiger partial charge in [-0.2, -0.15) is 5.10 Å². The van der Waals surface area contributed by atoms with E-state index in [0.29, 0.717) is 12.2 Å². The van der Waals surface area contributed by atoms with Gasteiger partial charge in [0.05, 0.1) is 17.4 Å². The molecule has 134 valence electrons. The summed E-state index contributed by atoms with van der Waals surface area (Å²) in [7, 11) is 1.80. The molecule has 0 aliphatic carbocycles. The van der Waals surface area contributed by atoms with E-state index in [9.17, 15) is 4.79 Å². The predicted octanol–water partition coefficient (Wildman–Crippen LogP) is 3.54. The van der Waals surface area contributed by atoms with Crippen LogP contribution in [0.4, 0.5) is 10.6 Å². The van der Waals surface area contributed by atoms with Crippen LogP contribution < -0.4 is 10.6 Å². The van der Waals surface area contributed by atoms with Crippen molar-refractivity contribution < 1.29 is 4.79 Å². The normalized spacial score (nSPS) is 11.8. The number of rotatable bonds is 5. The highest BCUT2D eigenvalue weighted by molar-refractivity contribution is 5.88. The average Bonchev–Trinajstić information content (AvgIpc) is 2.94. The second-order valence-electron chi connectivity index (χ2n) is 6.39. The lowest BCUT2D eigenvalue weighted by Gasteiger charge is -2.19. The number of amides is 2. The minimum absolute atomic E-state index is 0.228. The molecule has 0 spiro atoms. The second-order valence-corrected chi connectivity index (χ2v) is 6.39. The monoisotopic (exact) mass is 349 g/mol. The molecule has 2 amide bonds. The fourth-order valence-electron chi connectivity index (χ4n) is 2.81. The Balaban J connectivity index is 1.76. The zero-order valence-corrected chi connectivity index (χ0v) is 15.2. The number of aromatic nitrogens is 3. The first-order chi connectivity index (χ1) is 12.5. The molecule has 0 fully saturated rings. The molecule has 0 saturated carbocycles. The predicted molar refractivity (Wildman–Crippen MR) is 102 cm³/mol. The molecule has 6 nitrogen and oxygen atoms in total. The number of nitrogens with zero attached hydrogens (tertiary/aromatic N) is 3. The quantitative estimate of drug-likeness (QED) is 0.740. The zero-order chi connectivity index (χ0) is 18.5. The summed E-state index contributed by atoms with van der Waals surface area (Å²) in [6.07, 6.45) is 2.40. The van der Waals surface area contributed by atoms with Crippen LogP contribution in [0.3, 0.4) is 0 Å². The third-order valence-electron chi connectivity index (χ3n) is 4.15. The molecule has 1 aromatic carbocycles. The van der Waals surface area contributed by atoms with Gasteiger partial charge in [0.2, 0.25) is 0 Å². The van der Waals surface area contributed by atoms with E-state index in [-0.39, 0.29) is 12.1 Å². The lowest BCUT2D eigenvalue weighted by atomic mass is 10.0. The highest BCUT2D eigenvalue weighted by atomic mass is 16.2. The topological polar surface area (TPSA) is 71.8 Å². The van der Waals surface area contributed by atoms with E-state index in [1.54, 1.807) is 17.9 Å². The van der Waals surface area contributed by atoms with Crippen LogP contribution in [-0.4, -0.2) is 20.8 Å². The molecule has 0 bridgehead atoms. The van der Waals surface area contributed by atoms with E-state index in [1.807, 2.05) is 31.2 Å². The maximum Gasteiger partial charge on any atom is 0.320 e. The molecule has 6 heteroatoms. The van der Waals surface area contributed by atoms with Crippen molar-refractivity contribution in [3.8, 4) is 0 Å². The molecule has 2 aromatic heterocycles. The molecular formula is C20H23N5O. The molecule has 0 aliphatic heterocycles. The maximum atomic E-state index is 12.5. The van der Waals surface area contributed by atoms with Gasteiger partial charge in [0.25, 0.3) is 0 Å². The summed E-state index contributed by atoms with van der Waals surface area (Å²) in [6, 6.07) is 15.3. The molecule has 0 aliphatic rings. The van der Waals surface area contributed by atoms with Gasteiger partial charge in [0.15, 0.2) is 0 Å². The van der Waals surface area contributed by atoms with Gasteiger partial charge in [-0.3, -0.25) is 15.0 Å². The van der Waals surface area contributed by atoms with Gasteiger partial charge in [0.1, 0.15) is 5.82 Å². The minimum Gasteiger partial charge on any atom is -0.329 e. The van der Waals surface area contributed by atoms with E-state index in [2.05, 4.69) is 51.9 Å². The minimum atomic E-state index is -0.282. The van der Waals surface area contributed by atoms with Gasteiger partial charge in [-0.25, -0.2) is 4.79 Å².